The summed E-state index contributed by atoms with van der Waals surface area (Å²) in [5.74, 6) is -0.724. The number of fused-ring (bicyclic) bond motifs is 2. The molecule has 0 fully saturated rings. The lowest BCUT2D eigenvalue weighted by atomic mass is 10.1. The van der Waals surface area contributed by atoms with Gasteiger partial charge >= 0.3 is 0 Å². The zero-order chi connectivity index (χ0) is 20.4. The van der Waals surface area contributed by atoms with Crippen LogP contribution in [0.4, 0.5) is 5.69 Å². The number of hydrogen-bond acceptors (Lipinski definition) is 5. The van der Waals surface area contributed by atoms with Crippen LogP contribution in [0.3, 0.4) is 0 Å². The second-order valence-electron chi connectivity index (χ2n) is 6.81. The van der Waals surface area contributed by atoms with Gasteiger partial charge in [0.1, 0.15) is 5.75 Å². The highest BCUT2D eigenvalue weighted by Crippen LogP contribution is 2.28. The first kappa shape index (κ1) is 18.7. The number of ether oxygens (including phenoxy) is 1. The lowest BCUT2D eigenvalue weighted by molar-refractivity contribution is -0.125. The minimum atomic E-state index is -0.815. The molecule has 8 nitrogen and oxygen atoms in total. The molecule has 0 aromatic heterocycles. The van der Waals surface area contributed by atoms with Gasteiger partial charge < -0.3 is 15.4 Å². The molecule has 4 rings (SSSR count). The van der Waals surface area contributed by atoms with E-state index in [-0.39, 0.29) is 43.1 Å². The third-order valence-corrected chi connectivity index (χ3v) is 4.85. The summed E-state index contributed by atoms with van der Waals surface area (Å²) in [6, 6.07) is 13.7. The molecule has 8 heteroatoms. The molecule has 0 bridgehead atoms. The number of amides is 4. The molecule has 2 N–H and O–H groups in total. The summed E-state index contributed by atoms with van der Waals surface area (Å²) in [7, 11) is 0. The Balaban J connectivity index is 1.24. The fraction of sp³-hybridized carbons (Fsp3) is 0.238. The predicted octanol–water partition coefficient (Wildman–Crippen LogP) is 1.58. The molecule has 29 heavy (non-hydrogen) atoms. The first-order valence-corrected chi connectivity index (χ1v) is 9.33. The van der Waals surface area contributed by atoms with E-state index >= 15 is 0 Å². The molecule has 0 radical (unpaired) electrons. The normalized spacial score (nSPS) is 17.3. The molecule has 0 spiro atoms. The lowest BCUT2D eigenvalue weighted by Gasteiger charge is -2.25. The largest absolute Gasteiger partial charge is 0.477 e. The molecule has 148 valence electrons. The Labute approximate surface area is 166 Å². The molecular weight excluding hydrogens is 374 g/mol. The highest BCUT2D eigenvalue weighted by Gasteiger charge is 2.34. The molecule has 0 saturated carbocycles. The highest BCUT2D eigenvalue weighted by atomic mass is 16.5. The third-order valence-electron chi connectivity index (χ3n) is 4.85. The van der Waals surface area contributed by atoms with Gasteiger partial charge in [-0.25, -0.2) is 0 Å². The molecule has 4 amide bonds. The molecule has 2 aromatic carbocycles. The van der Waals surface area contributed by atoms with E-state index < -0.39 is 6.10 Å². The molecule has 2 aliphatic heterocycles. The number of nitrogens with one attached hydrogen (secondary N) is 2. The van der Waals surface area contributed by atoms with Crippen LogP contribution in [-0.4, -0.2) is 47.7 Å². The molecule has 1 unspecified atom stereocenters. The van der Waals surface area contributed by atoms with Gasteiger partial charge in [0.25, 0.3) is 17.7 Å². The summed E-state index contributed by atoms with van der Waals surface area (Å²) in [6.45, 7) is 0.194. The van der Waals surface area contributed by atoms with Crippen LogP contribution in [0.2, 0.25) is 0 Å². The summed E-state index contributed by atoms with van der Waals surface area (Å²) in [6.07, 6.45) is -0.360. The first-order chi connectivity index (χ1) is 14.0. The van der Waals surface area contributed by atoms with Gasteiger partial charge in [-0.2, -0.15) is 0 Å². The third kappa shape index (κ3) is 3.69. The van der Waals surface area contributed by atoms with Crippen molar-refractivity contribution < 1.29 is 23.9 Å². The Morgan fingerprint density at radius 2 is 1.66 bits per heavy atom. The second-order valence-corrected chi connectivity index (χ2v) is 6.81. The monoisotopic (exact) mass is 393 g/mol. The van der Waals surface area contributed by atoms with E-state index in [1.54, 1.807) is 48.5 Å². The number of carbonyl (C=O) groups excluding carboxylic acids is 4. The van der Waals surface area contributed by atoms with Crippen LogP contribution in [0.15, 0.2) is 48.5 Å². The van der Waals surface area contributed by atoms with E-state index in [1.807, 2.05) is 0 Å². The van der Waals surface area contributed by atoms with Crippen LogP contribution >= 0.6 is 0 Å². The van der Waals surface area contributed by atoms with Gasteiger partial charge in [0, 0.05) is 13.0 Å². The van der Waals surface area contributed by atoms with Crippen LogP contribution < -0.4 is 15.4 Å². The van der Waals surface area contributed by atoms with E-state index in [1.165, 1.54) is 0 Å². The van der Waals surface area contributed by atoms with Gasteiger partial charge in [-0.3, -0.25) is 24.1 Å². The highest BCUT2D eigenvalue weighted by molar-refractivity contribution is 6.21. The fourth-order valence-corrected chi connectivity index (χ4v) is 3.36. The zero-order valence-corrected chi connectivity index (χ0v) is 15.5. The summed E-state index contributed by atoms with van der Waals surface area (Å²) >= 11 is 0. The molecular formula is C21H19N3O5. The predicted molar refractivity (Wildman–Crippen MR) is 104 cm³/mol. The van der Waals surface area contributed by atoms with Crippen molar-refractivity contribution in [3.05, 3.63) is 59.7 Å². The Kier molecular flexibility index (Phi) is 4.99. The van der Waals surface area contributed by atoms with Crippen molar-refractivity contribution in [2.24, 2.45) is 0 Å². The van der Waals surface area contributed by atoms with E-state index in [2.05, 4.69) is 10.6 Å². The number of rotatable bonds is 6. The Morgan fingerprint density at radius 1 is 1.00 bits per heavy atom. The maximum Gasteiger partial charge on any atom is 0.267 e. The summed E-state index contributed by atoms with van der Waals surface area (Å²) in [5, 5.41) is 5.40. The minimum Gasteiger partial charge on any atom is -0.477 e. The first-order valence-electron chi connectivity index (χ1n) is 9.33. The van der Waals surface area contributed by atoms with Gasteiger partial charge in [-0.05, 0) is 30.7 Å². The van der Waals surface area contributed by atoms with Crippen LogP contribution in [0.1, 0.15) is 33.6 Å². The maximum atomic E-state index is 12.3. The fourth-order valence-electron chi connectivity index (χ4n) is 3.36. The van der Waals surface area contributed by atoms with E-state index in [0.717, 1.165) is 4.90 Å². The number of hydrogen-bond donors (Lipinski definition) is 2. The van der Waals surface area contributed by atoms with Crippen LogP contribution in [0.5, 0.6) is 5.75 Å². The van der Waals surface area contributed by atoms with Crippen molar-refractivity contribution in [1.82, 2.24) is 10.2 Å². The SMILES string of the molecule is O=C(CCCN1C(=O)c2ccccc2C1=O)NCC1Oc2ccccc2NC1=O. The average molecular weight is 393 g/mol. The second kappa shape index (κ2) is 7.75. The number of nitrogens with zero attached hydrogens (tertiary/aromatic N) is 1. The van der Waals surface area contributed by atoms with Gasteiger partial charge in [0.2, 0.25) is 5.91 Å². The zero-order valence-electron chi connectivity index (χ0n) is 15.5. The van der Waals surface area contributed by atoms with Crippen LogP contribution in [0, 0.1) is 0 Å². The Bertz CT molecular complexity index is 968. The van der Waals surface area contributed by atoms with E-state index in [0.29, 0.717) is 29.0 Å². The Morgan fingerprint density at radius 3 is 2.38 bits per heavy atom. The minimum absolute atomic E-state index is 0.0337. The van der Waals surface area contributed by atoms with Gasteiger partial charge in [0.05, 0.1) is 23.4 Å². The van der Waals surface area contributed by atoms with Crippen molar-refractivity contribution in [3.8, 4) is 5.75 Å². The maximum absolute atomic E-state index is 12.3. The standard InChI is InChI=1S/C21H19N3O5/c25-18(22-12-17-19(26)23-15-8-3-4-9-16(15)29-17)10-5-11-24-20(27)13-6-1-2-7-14(13)21(24)28/h1-4,6-9,17H,5,10-12H2,(H,22,25)(H,23,26). The van der Waals surface area contributed by atoms with Gasteiger partial charge in [-0.15, -0.1) is 0 Å². The number of benzene rings is 2. The van der Waals surface area contributed by atoms with Crippen molar-refractivity contribution >= 4 is 29.3 Å². The molecule has 0 aliphatic carbocycles. The van der Waals surface area contributed by atoms with Crippen molar-refractivity contribution in [2.75, 3.05) is 18.4 Å². The van der Waals surface area contributed by atoms with Gasteiger partial charge in [-0.1, -0.05) is 24.3 Å². The summed E-state index contributed by atoms with van der Waals surface area (Å²) in [4.78, 5) is 49.9. The topological polar surface area (TPSA) is 105 Å². The van der Waals surface area contributed by atoms with Crippen LogP contribution in [0.25, 0.3) is 0 Å². The number of para-hydroxylation sites is 2. The smallest absolute Gasteiger partial charge is 0.267 e. The quantitative estimate of drug-likeness (QED) is 0.725. The van der Waals surface area contributed by atoms with E-state index in [9.17, 15) is 19.2 Å². The molecule has 1 atom stereocenters. The van der Waals surface area contributed by atoms with Crippen molar-refractivity contribution in [3.63, 3.8) is 0 Å². The molecule has 2 heterocycles. The van der Waals surface area contributed by atoms with E-state index in [4.69, 9.17) is 4.74 Å². The number of imide groups is 1. The van der Waals surface area contributed by atoms with Crippen molar-refractivity contribution in [1.29, 1.82) is 0 Å². The summed E-state index contributed by atoms with van der Waals surface area (Å²) in [5.41, 5.74) is 1.38. The molecule has 0 saturated heterocycles. The average Bonchev–Trinajstić information content (AvgIpc) is 2.97. The lowest BCUT2D eigenvalue weighted by Crippen LogP contribution is -2.45. The number of anilines is 1. The summed E-state index contributed by atoms with van der Waals surface area (Å²) < 4.78 is 5.62. The molecule has 2 aliphatic rings. The van der Waals surface area contributed by atoms with Crippen molar-refractivity contribution in [2.45, 2.75) is 18.9 Å². The molecule has 2 aromatic rings. The Hall–Kier alpha value is -3.68. The number of carbonyl (C=O) groups is 4. The van der Waals surface area contributed by atoms with Crippen LogP contribution in [-0.2, 0) is 9.59 Å². The van der Waals surface area contributed by atoms with Gasteiger partial charge in [0.15, 0.2) is 6.10 Å².